The first-order valence-electron chi connectivity index (χ1n) is 4.77. The molecule has 1 fully saturated rings. The smallest absolute Gasteiger partial charge is 0.273 e. The Labute approximate surface area is 91.8 Å². The van der Waals surface area contributed by atoms with Crippen molar-refractivity contribution in [3.63, 3.8) is 0 Å². The van der Waals surface area contributed by atoms with Crippen LogP contribution in [0.1, 0.15) is 0 Å². The number of ether oxygens (including phenoxy) is 1. The number of fused-ring (bicyclic) bond motifs is 1. The Morgan fingerprint density at radius 3 is 2.81 bits per heavy atom. The summed E-state index contributed by atoms with van der Waals surface area (Å²) in [5.41, 5.74) is -1.09. The third kappa shape index (κ3) is 1.47. The zero-order valence-corrected chi connectivity index (χ0v) is 8.43. The van der Waals surface area contributed by atoms with Gasteiger partial charge in [-0.25, -0.2) is 0 Å². The van der Waals surface area contributed by atoms with Gasteiger partial charge in [-0.05, 0) is 12.2 Å². The quantitative estimate of drug-likeness (QED) is 0.428. The molecule has 0 aromatic rings. The van der Waals surface area contributed by atoms with Crippen LogP contribution in [0.2, 0.25) is 0 Å². The van der Waals surface area contributed by atoms with Crippen molar-refractivity contribution in [1.29, 1.82) is 0 Å². The third-order valence-electron chi connectivity index (χ3n) is 2.69. The number of hydrogen-bond donors (Lipinski definition) is 4. The fourth-order valence-electron chi connectivity index (χ4n) is 1.56. The summed E-state index contributed by atoms with van der Waals surface area (Å²) >= 11 is 0. The van der Waals surface area contributed by atoms with Gasteiger partial charge in [-0.3, -0.25) is 4.79 Å². The van der Waals surface area contributed by atoms with Crippen molar-refractivity contribution in [2.75, 3.05) is 19.8 Å². The molecule has 0 aromatic heterocycles. The van der Waals surface area contributed by atoms with Gasteiger partial charge in [0.25, 0.3) is 5.79 Å². The zero-order chi connectivity index (χ0) is 11.8. The van der Waals surface area contributed by atoms with Crippen LogP contribution < -0.4 is 5.32 Å². The van der Waals surface area contributed by atoms with E-state index in [1.165, 1.54) is 6.08 Å². The topological polar surface area (TPSA) is 99.0 Å². The Kier molecular flexibility index (Phi) is 2.59. The first-order valence-corrected chi connectivity index (χ1v) is 4.77. The zero-order valence-electron chi connectivity index (χ0n) is 8.43. The second kappa shape index (κ2) is 3.67. The van der Waals surface area contributed by atoms with Crippen LogP contribution in [-0.2, 0) is 9.53 Å². The maximum atomic E-state index is 11.5. The normalized spacial score (nSPS) is 31.7. The van der Waals surface area contributed by atoms with Crippen molar-refractivity contribution in [3.05, 3.63) is 23.9 Å². The van der Waals surface area contributed by atoms with Gasteiger partial charge in [-0.1, -0.05) is 0 Å². The number of hydrogen-bond acceptors (Lipinski definition) is 6. The summed E-state index contributed by atoms with van der Waals surface area (Å²) in [6.45, 7) is -0.952. The highest BCUT2D eigenvalue weighted by atomic mass is 16.6. The molecule has 16 heavy (non-hydrogen) atoms. The number of carbonyl (C=O) groups is 1. The van der Waals surface area contributed by atoms with Crippen LogP contribution in [0.15, 0.2) is 17.8 Å². The molecular formula is C10H12NO5. The maximum Gasteiger partial charge on any atom is 0.273 e. The molecule has 1 radical (unpaired) electrons. The molecule has 0 saturated carbocycles. The lowest BCUT2D eigenvalue weighted by Crippen LogP contribution is -2.66. The molecule has 0 bridgehead atoms. The van der Waals surface area contributed by atoms with Crippen LogP contribution in [0.4, 0.5) is 0 Å². The van der Waals surface area contributed by atoms with Crippen LogP contribution in [0.5, 0.6) is 0 Å². The Bertz CT molecular complexity index is 371. The number of aliphatic hydroxyl groups is 3. The van der Waals surface area contributed by atoms with Gasteiger partial charge in [-0.15, -0.1) is 0 Å². The van der Waals surface area contributed by atoms with Crippen LogP contribution in [0, 0.1) is 6.08 Å². The number of rotatable bonds is 2. The van der Waals surface area contributed by atoms with Gasteiger partial charge in [0.15, 0.2) is 0 Å². The van der Waals surface area contributed by atoms with Crippen LogP contribution in [0.25, 0.3) is 0 Å². The largest absolute Gasteiger partial charge is 0.394 e. The van der Waals surface area contributed by atoms with Crippen molar-refractivity contribution in [2.45, 2.75) is 11.3 Å². The van der Waals surface area contributed by atoms with Gasteiger partial charge in [0.1, 0.15) is 5.54 Å². The van der Waals surface area contributed by atoms with Crippen LogP contribution >= 0.6 is 0 Å². The van der Waals surface area contributed by atoms with E-state index in [1.54, 1.807) is 0 Å². The Morgan fingerprint density at radius 2 is 2.19 bits per heavy atom. The fourth-order valence-corrected chi connectivity index (χ4v) is 1.56. The van der Waals surface area contributed by atoms with Crippen molar-refractivity contribution >= 4 is 5.78 Å². The summed E-state index contributed by atoms with van der Waals surface area (Å²) < 4.78 is 5.05. The molecule has 87 valence electrons. The van der Waals surface area contributed by atoms with E-state index in [0.717, 1.165) is 6.08 Å². The second-order valence-corrected chi connectivity index (χ2v) is 3.87. The van der Waals surface area contributed by atoms with Crippen molar-refractivity contribution < 1.29 is 24.9 Å². The Morgan fingerprint density at radius 1 is 1.50 bits per heavy atom. The number of morpholine rings is 1. The van der Waals surface area contributed by atoms with E-state index < -0.39 is 17.1 Å². The van der Waals surface area contributed by atoms with Crippen LogP contribution in [0.3, 0.4) is 0 Å². The molecule has 6 heteroatoms. The summed E-state index contributed by atoms with van der Waals surface area (Å²) in [7, 11) is 0. The monoisotopic (exact) mass is 226 g/mol. The van der Waals surface area contributed by atoms with Gasteiger partial charge >= 0.3 is 0 Å². The minimum Gasteiger partial charge on any atom is -0.394 e. The maximum absolute atomic E-state index is 11.5. The lowest BCUT2D eigenvalue weighted by atomic mass is 9.93. The molecule has 0 unspecified atom stereocenters. The van der Waals surface area contributed by atoms with E-state index in [4.69, 9.17) is 14.9 Å². The molecule has 1 saturated heterocycles. The van der Waals surface area contributed by atoms with Crippen molar-refractivity contribution in [3.8, 4) is 0 Å². The number of allylic oxidation sites excluding steroid dienone is 2. The molecule has 4 N–H and O–H groups in total. The van der Waals surface area contributed by atoms with Crippen LogP contribution in [-0.4, -0.2) is 52.2 Å². The number of nitrogens with one attached hydrogen (secondary N) is 1. The van der Waals surface area contributed by atoms with E-state index >= 15 is 0 Å². The minimum atomic E-state index is -2.07. The first-order chi connectivity index (χ1) is 7.56. The molecule has 1 atom stereocenters. The summed E-state index contributed by atoms with van der Waals surface area (Å²) in [6.07, 6.45) is 5.11. The minimum absolute atomic E-state index is 0.00866. The summed E-state index contributed by atoms with van der Waals surface area (Å²) in [5, 5.41) is 30.9. The molecule has 1 heterocycles. The standard InChI is InChI=1S/C10H12NO5/c12-4-9(5-13)6-16-10(15)7(11-9)2-1-3-8(10)14/h1,3,11-13,15H,4-6H2/t10-/m0/s1. The van der Waals surface area contributed by atoms with Gasteiger partial charge in [0, 0.05) is 6.08 Å². The van der Waals surface area contributed by atoms with Gasteiger partial charge in [0.2, 0.25) is 5.78 Å². The first kappa shape index (κ1) is 11.3. The molecule has 0 amide bonds. The van der Waals surface area contributed by atoms with E-state index in [-0.39, 0.29) is 25.5 Å². The highest BCUT2D eigenvalue weighted by Crippen LogP contribution is 2.29. The molecule has 0 spiro atoms. The Balaban J connectivity index is 2.31. The Hall–Kier alpha value is -1.21. The predicted molar refractivity (Wildman–Crippen MR) is 51.8 cm³/mol. The van der Waals surface area contributed by atoms with Gasteiger partial charge in [0.05, 0.1) is 25.5 Å². The lowest BCUT2D eigenvalue weighted by Gasteiger charge is -2.44. The third-order valence-corrected chi connectivity index (χ3v) is 2.69. The number of ketones is 1. The SMILES string of the molecule is O=C1C=C[C]=C2NC(CO)(CO)CO[C@]12O. The average Bonchev–Trinajstić information content (AvgIpc) is 2.31. The number of carbonyl (C=O) groups excluding carboxylic acids is 1. The van der Waals surface area contributed by atoms with E-state index in [2.05, 4.69) is 11.4 Å². The predicted octanol–water partition coefficient (Wildman–Crippen LogP) is -2.16. The molecule has 1 aliphatic heterocycles. The van der Waals surface area contributed by atoms with Gasteiger partial charge in [-0.2, -0.15) is 0 Å². The molecule has 1 aliphatic carbocycles. The van der Waals surface area contributed by atoms with E-state index in [9.17, 15) is 9.90 Å². The highest BCUT2D eigenvalue weighted by Gasteiger charge is 2.50. The van der Waals surface area contributed by atoms with E-state index in [1.807, 2.05) is 0 Å². The molecular weight excluding hydrogens is 214 g/mol. The van der Waals surface area contributed by atoms with Gasteiger partial charge < -0.3 is 25.4 Å². The van der Waals surface area contributed by atoms with E-state index in [0.29, 0.717) is 0 Å². The molecule has 2 aliphatic rings. The van der Waals surface area contributed by atoms with Crippen molar-refractivity contribution in [1.82, 2.24) is 5.32 Å². The fraction of sp³-hybridized carbons (Fsp3) is 0.500. The average molecular weight is 226 g/mol. The number of aliphatic hydroxyl groups excluding tert-OH is 2. The summed E-state index contributed by atoms with van der Waals surface area (Å²) in [5.74, 6) is -2.68. The molecule has 2 rings (SSSR count). The lowest BCUT2D eigenvalue weighted by molar-refractivity contribution is -0.212. The molecule has 6 nitrogen and oxygen atoms in total. The summed E-state index contributed by atoms with van der Waals surface area (Å²) in [6, 6.07) is 0. The summed E-state index contributed by atoms with van der Waals surface area (Å²) in [4.78, 5) is 11.5. The highest BCUT2D eigenvalue weighted by molar-refractivity contribution is 5.99. The van der Waals surface area contributed by atoms with Crippen molar-refractivity contribution in [2.24, 2.45) is 0 Å². The molecule has 0 aromatic carbocycles. The second-order valence-electron chi connectivity index (χ2n) is 3.87.